The largest absolute Gasteiger partial charge is 0.399 e. The topological polar surface area (TPSA) is 88.0 Å². The van der Waals surface area contributed by atoms with Crippen molar-refractivity contribution in [1.29, 1.82) is 0 Å². The highest BCUT2D eigenvalue weighted by Crippen LogP contribution is 2.25. The number of thiophene rings is 1. The first-order valence-electron chi connectivity index (χ1n) is 6.36. The lowest BCUT2D eigenvalue weighted by Gasteiger charge is -2.05. The summed E-state index contributed by atoms with van der Waals surface area (Å²) in [6.45, 7) is 2.26. The van der Waals surface area contributed by atoms with E-state index in [0.717, 1.165) is 16.0 Å². The van der Waals surface area contributed by atoms with Crippen LogP contribution in [0.1, 0.15) is 10.4 Å². The molecule has 0 aliphatic heterocycles. The molecule has 0 radical (unpaired) electrons. The van der Waals surface area contributed by atoms with Crippen LogP contribution in [0.4, 0.5) is 5.69 Å². The Hall–Kier alpha value is -1.83. The Morgan fingerprint density at radius 2 is 2.14 bits per heavy atom. The standard InChI is InChI=1S/C14H15N3O2S2/c1-9-4-5-20-13(9)7-17-21(18,19)14-8-16-12-3-2-10(15)6-11(12)14/h2-6,8,16-17H,7,15H2,1H3. The van der Waals surface area contributed by atoms with Crippen LogP contribution in [-0.2, 0) is 16.6 Å². The first-order chi connectivity index (χ1) is 9.97. The van der Waals surface area contributed by atoms with Crippen LogP contribution < -0.4 is 10.5 Å². The molecule has 21 heavy (non-hydrogen) atoms. The summed E-state index contributed by atoms with van der Waals surface area (Å²) in [7, 11) is -3.58. The van der Waals surface area contributed by atoms with Gasteiger partial charge in [-0.1, -0.05) is 0 Å². The van der Waals surface area contributed by atoms with E-state index in [2.05, 4.69) is 9.71 Å². The van der Waals surface area contributed by atoms with Crippen LogP contribution in [0.25, 0.3) is 10.9 Å². The van der Waals surface area contributed by atoms with Crippen molar-refractivity contribution in [3.05, 3.63) is 46.3 Å². The number of H-pyrrole nitrogens is 1. The zero-order valence-corrected chi connectivity index (χ0v) is 13.0. The Morgan fingerprint density at radius 1 is 1.33 bits per heavy atom. The van der Waals surface area contributed by atoms with Crippen molar-refractivity contribution in [2.75, 3.05) is 5.73 Å². The molecule has 110 valence electrons. The lowest BCUT2D eigenvalue weighted by atomic mass is 10.2. The molecule has 0 aliphatic rings. The normalized spacial score (nSPS) is 12.0. The summed E-state index contributed by atoms with van der Waals surface area (Å²) in [6, 6.07) is 7.14. The zero-order valence-electron chi connectivity index (χ0n) is 11.4. The first kappa shape index (κ1) is 14.1. The average Bonchev–Trinajstić information content (AvgIpc) is 3.02. The van der Waals surface area contributed by atoms with E-state index < -0.39 is 10.0 Å². The van der Waals surface area contributed by atoms with Gasteiger partial charge in [0.2, 0.25) is 10.0 Å². The molecule has 0 bridgehead atoms. The maximum absolute atomic E-state index is 12.5. The Kier molecular flexibility index (Phi) is 3.48. The predicted octanol–water partition coefficient (Wildman–Crippen LogP) is 2.60. The van der Waals surface area contributed by atoms with E-state index >= 15 is 0 Å². The second-order valence-corrected chi connectivity index (χ2v) is 7.55. The Bertz CT molecular complexity index is 894. The monoisotopic (exact) mass is 321 g/mol. The second kappa shape index (κ2) is 5.18. The number of nitrogens with one attached hydrogen (secondary N) is 2. The van der Waals surface area contributed by atoms with Crippen molar-refractivity contribution >= 4 is 38.0 Å². The molecular weight excluding hydrogens is 306 g/mol. The molecule has 7 heteroatoms. The van der Waals surface area contributed by atoms with E-state index in [4.69, 9.17) is 5.73 Å². The lowest BCUT2D eigenvalue weighted by Crippen LogP contribution is -2.22. The number of hydrogen-bond acceptors (Lipinski definition) is 4. The molecule has 0 saturated heterocycles. The van der Waals surface area contributed by atoms with Gasteiger partial charge < -0.3 is 10.7 Å². The van der Waals surface area contributed by atoms with Gasteiger partial charge in [0, 0.05) is 34.2 Å². The summed E-state index contributed by atoms with van der Waals surface area (Å²) in [5, 5.41) is 2.55. The summed E-state index contributed by atoms with van der Waals surface area (Å²) in [5.74, 6) is 0. The van der Waals surface area contributed by atoms with Crippen molar-refractivity contribution in [2.45, 2.75) is 18.4 Å². The fourth-order valence-corrected chi connectivity index (χ4v) is 4.26. The van der Waals surface area contributed by atoms with Gasteiger partial charge in [-0.3, -0.25) is 0 Å². The Labute approximate surface area is 126 Å². The van der Waals surface area contributed by atoms with Gasteiger partial charge in [0.05, 0.1) is 0 Å². The summed E-state index contributed by atoms with van der Waals surface area (Å²) in [5.41, 5.74) is 8.11. The van der Waals surface area contributed by atoms with Crippen molar-refractivity contribution in [1.82, 2.24) is 9.71 Å². The van der Waals surface area contributed by atoms with Gasteiger partial charge in [-0.15, -0.1) is 11.3 Å². The van der Waals surface area contributed by atoms with E-state index in [1.807, 2.05) is 18.4 Å². The minimum absolute atomic E-state index is 0.221. The molecule has 3 rings (SSSR count). The number of anilines is 1. The number of benzene rings is 1. The quantitative estimate of drug-likeness (QED) is 0.645. The van der Waals surface area contributed by atoms with Gasteiger partial charge in [0.1, 0.15) is 4.90 Å². The van der Waals surface area contributed by atoms with Crippen LogP contribution in [-0.4, -0.2) is 13.4 Å². The van der Waals surface area contributed by atoms with E-state index in [1.54, 1.807) is 18.2 Å². The molecule has 4 N–H and O–H groups in total. The van der Waals surface area contributed by atoms with Crippen LogP contribution in [0.5, 0.6) is 0 Å². The van der Waals surface area contributed by atoms with Crippen LogP contribution in [0.3, 0.4) is 0 Å². The summed E-state index contributed by atoms with van der Waals surface area (Å²) in [4.78, 5) is 4.19. The molecule has 0 fully saturated rings. The minimum Gasteiger partial charge on any atom is -0.399 e. The molecular formula is C14H15N3O2S2. The lowest BCUT2D eigenvalue weighted by molar-refractivity contribution is 0.582. The van der Waals surface area contributed by atoms with Crippen molar-refractivity contribution in [3.8, 4) is 0 Å². The number of nitrogen functional groups attached to an aromatic ring is 1. The van der Waals surface area contributed by atoms with Gasteiger partial charge in [-0.25, -0.2) is 13.1 Å². The van der Waals surface area contributed by atoms with E-state index in [9.17, 15) is 8.42 Å². The van der Waals surface area contributed by atoms with Gasteiger partial charge in [-0.05, 0) is 42.1 Å². The summed E-state index contributed by atoms with van der Waals surface area (Å²) >= 11 is 1.54. The Morgan fingerprint density at radius 3 is 2.86 bits per heavy atom. The summed E-state index contributed by atoms with van der Waals surface area (Å²) < 4.78 is 27.6. The number of aromatic nitrogens is 1. The minimum atomic E-state index is -3.58. The molecule has 0 unspecified atom stereocenters. The van der Waals surface area contributed by atoms with E-state index in [1.165, 1.54) is 17.5 Å². The third kappa shape index (κ3) is 2.67. The number of fused-ring (bicyclic) bond motifs is 1. The average molecular weight is 321 g/mol. The molecule has 0 atom stereocenters. The molecule has 2 aromatic heterocycles. The van der Waals surface area contributed by atoms with Crippen molar-refractivity contribution in [3.63, 3.8) is 0 Å². The predicted molar refractivity (Wildman–Crippen MR) is 85.8 cm³/mol. The van der Waals surface area contributed by atoms with Gasteiger partial charge in [0.25, 0.3) is 0 Å². The number of aryl methyl sites for hydroxylation is 1. The maximum atomic E-state index is 12.5. The smallest absolute Gasteiger partial charge is 0.243 e. The number of nitrogens with two attached hydrogens (primary N) is 1. The van der Waals surface area contributed by atoms with Gasteiger partial charge in [-0.2, -0.15) is 0 Å². The fourth-order valence-electron chi connectivity index (χ4n) is 2.16. The molecule has 5 nitrogen and oxygen atoms in total. The maximum Gasteiger partial charge on any atom is 0.243 e. The number of hydrogen-bond donors (Lipinski definition) is 3. The third-order valence-electron chi connectivity index (χ3n) is 3.35. The Balaban J connectivity index is 1.93. The van der Waals surface area contributed by atoms with Crippen molar-refractivity contribution in [2.24, 2.45) is 0 Å². The first-order valence-corrected chi connectivity index (χ1v) is 8.73. The molecule has 0 amide bonds. The molecule has 1 aromatic carbocycles. The number of sulfonamides is 1. The van der Waals surface area contributed by atoms with Gasteiger partial charge >= 0.3 is 0 Å². The molecule has 3 aromatic rings. The molecule has 2 heterocycles. The summed E-state index contributed by atoms with van der Waals surface area (Å²) in [6.07, 6.45) is 1.49. The van der Waals surface area contributed by atoms with Crippen LogP contribution >= 0.6 is 11.3 Å². The SMILES string of the molecule is Cc1ccsc1CNS(=O)(=O)c1c[nH]c2ccc(N)cc12. The fraction of sp³-hybridized carbons (Fsp3) is 0.143. The van der Waals surface area contributed by atoms with E-state index in [0.29, 0.717) is 17.6 Å². The van der Waals surface area contributed by atoms with E-state index in [-0.39, 0.29) is 4.90 Å². The number of rotatable bonds is 4. The van der Waals surface area contributed by atoms with Crippen LogP contribution in [0.15, 0.2) is 40.7 Å². The molecule has 0 spiro atoms. The molecule has 0 saturated carbocycles. The highest BCUT2D eigenvalue weighted by molar-refractivity contribution is 7.89. The van der Waals surface area contributed by atoms with Gasteiger partial charge in [0.15, 0.2) is 0 Å². The highest BCUT2D eigenvalue weighted by atomic mass is 32.2. The number of aromatic amines is 1. The van der Waals surface area contributed by atoms with Crippen LogP contribution in [0.2, 0.25) is 0 Å². The van der Waals surface area contributed by atoms with Crippen LogP contribution in [0, 0.1) is 6.92 Å². The third-order valence-corrected chi connectivity index (χ3v) is 5.81. The highest BCUT2D eigenvalue weighted by Gasteiger charge is 2.19. The molecule has 0 aliphatic carbocycles. The zero-order chi connectivity index (χ0) is 15.0. The second-order valence-electron chi connectivity index (χ2n) is 4.81. The van der Waals surface area contributed by atoms with Crippen molar-refractivity contribution < 1.29 is 8.42 Å².